The summed E-state index contributed by atoms with van der Waals surface area (Å²) < 4.78 is 1.82. The Morgan fingerprint density at radius 1 is 0.722 bits per heavy atom. The van der Waals surface area contributed by atoms with Gasteiger partial charge in [0.25, 0.3) is 0 Å². The number of hydrogen-bond donors (Lipinski definition) is 0. The minimum Gasteiger partial charge on any atom is -0.111 e. The second-order valence-electron chi connectivity index (χ2n) is 4.87. The maximum atomic E-state index is 6.28. The van der Waals surface area contributed by atoms with Crippen molar-refractivity contribution in [2.75, 3.05) is 0 Å². The van der Waals surface area contributed by atoms with E-state index in [9.17, 15) is 0 Å². The summed E-state index contributed by atoms with van der Waals surface area (Å²) in [5.74, 6) is 0. The molecule has 0 aliphatic heterocycles. The number of hydrogen-bond acceptors (Lipinski definition) is 1. The summed E-state index contributed by atoms with van der Waals surface area (Å²) in [6, 6.07) is 0. The Hall–Kier alpha value is 0.280. The zero-order valence-electron chi connectivity index (χ0n) is 11.5. The first-order valence-corrected chi connectivity index (χ1v) is 8.73. The van der Waals surface area contributed by atoms with Gasteiger partial charge < -0.3 is 0 Å². The van der Waals surface area contributed by atoms with Crippen molar-refractivity contribution < 1.29 is 0 Å². The standard InChI is InChI=1S/C15H24Cl2S/c1-3-5-6-7-8-9-11-13-12(10-4-2)14(16)18-15(13)17/h3-11H2,1-2H3. The summed E-state index contributed by atoms with van der Waals surface area (Å²) >= 11 is 14.1. The molecule has 104 valence electrons. The molecule has 0 atom stereocenters. The average molecular weight is 307 g/mol. The van der Waals surface area contributed by atoms with E-state index in [0.29, 0.717) is 0 Å². The molecule has 1 aromatic heterocycles. The van der Waals surface area contributed by atoms with Crippen LogP contribution < -0.4 is 0 Å². The Labute approximate surface area is 126 Å². The molecule has 0 fully saturated rings. The molecule has 18 heavy (non-hydrogen) atoms. The van der Waals surface area contributed by atoms with Crippen LogP contribution in [0.2, 0.25) is 8.67 Å². The summed E-state index contributed by atoms with van der Waals surface area (Å²) in [5, 5.41) is 0. The molecule has 0 aromatic carbocycles. The van der Waals surface area contributed by atoms with Crippen LogP contribution in [0.25, 0.3) is 0 Å². The Morgan fingerprint density at radius 3 is 1.89 bits per heavy atom. The van der Waals surface area contributed by atoms with Crippen molar-refractivity contribution in [2.24, 2.45) is 0 Å². The first-order chi connectivity index (χ1) is 8.70. The first kappa shape index (κ1) is 16.3. The van der Waals surface area contributed by atoms with Gasteiger partial charge in [0.15, 0.2) is 0 Å². The van der Waals surface area contributed by atoms with Crippen molar-refractivity contribution >= 4 is 34.5 Å². The van der Waals surface area contributed by atoms with Crippen LogP contribution in [0.1, 0.15) is 69.9 Å². The van der Waals surface area contributed by atoms with Crippen molar-refractivity contribution in [2.45, 2.75) is 71.6 Å². The molecule has 0 aliphatic rings. The fourth-order valence-electron chi connectivity index (χ4n) is 2.27. The van der Waals surface area contributed by atoms with Crippen molar-refractivity contribution in [3.63, 3.8) is 0 Å². The SMILES string of the molecule is CCCCCCCCc1c(Cl)sc(Cl)c1CCC. The molecular weight excluding hydrogens is 283 g/mol. The third kappa shape index (κ3) is 5.11. The molecule has 0 spiro atoms. The van der Waals surface area contributed by atoms with E-state index in [1.165, 1.54) is 61.0 Å². The lowest BCUT2D eigenvalue weighted by molar-refractivity contribution is 0.607. The summed E-state index contributed by atoms with van der Waals surface area (Å²) in [5.41, 5.74) is 2.63. The molecule has 1 aromatic rings. The third-order valence-corrected chi connectivity index (χ3v) is 5.07. The highest BCUT2D eigenvalue weighted by Gasteiger charge is 2.14. The average Bonchev–Trinajstić information content (AvgIpc) is 2.60. The lowest BCUT2D eigenvalue weighted by Gasteiger charge is -2.05. The molecule has 0 nitrogen and oxygen atoms in total. The molecule has 0 unspecified atom stereocenters. The van der Waals surface area contributed by atoms with Crippen molar-refractivity contribution in [1.82, 2.24) is 0 Å². The Bertz CT molecular complexity index is 345. The highest BCUT2D eigenvalue weighted by molar-refractivity contribution is 7.20. The molecule has 0 aliphatic carbocycles. The Balaban J connectivity index is 2.41. The number of thiophene rings is 1. The van der Waals surface area contributed by atoms with Gasteiger partial charge >= 0.3 is 0 Å². The van der Waals surface area contributed by atoms with E-state index in [-0.39, 0.29) is 0 Å². The Morgan fingerprint density at radius 2 is 1.28 bits per heavy atom. The van der Waals surface area contributed by atoms with Gasteiger partial charge in [0.1, 0.15) is 0 Å². The second kappa shape index (κ2) is 9.23. The maximum Gasteiger partial charge on any atom is 0.0978 e. The largest absolute Gasteiger partial charge is 0.111 e. The monoisotopic (exact) mass is 306 g/mol. The van der Waals surface area contributed by atoms with Crippen molar-refractivity contribution in [3.05, 3.63) is 19.8 Å². The summed E-state index contributed by atoms with van der Waals surface area (Å²) in [7, 11) is 0. The fourth-order valence-corrected chi connectivity index (χ4v) is 4.12. The number of halogens is 2. The van der Waals surface area contributed by atoms with Crippen LogP contribution in [0, 0.1) is 0 Å². The molecule has 0 bridgehead atoms. The van der Waals surface area contributed by atoms with Crippen LogP contribution >= 0.6 is 34.5 Å². The summed E-state index contributed by atoms with van der Waals surface area (Å²) in [6.07, 6.45) is 11.3. The van der Waals surface area contributed by atoms with Crippen molar-refractivity contribution in [3.8, 4) is 0 Å². The molecule has 0 saturated carbocycles. The first-order valence-electron chi connectivity index (χ1n) is 7.16. The minimum absolute atomic E-state index is 0.905. The van der Waals surface area contributed by atoms with Crippen LogP contribution in [-0.4, -0.2) is 0 Å². The zero-order valence-corrected chi connectivity index (χ0v) is 13.9. The van der Waals surface area contributed by atoms with Gasteiger partial charge in [-0.25, -0.2) is 0 Å². The van der Waals surface area contributed by atoms with Gasteiger partial charge in [-0.3, -0.25) is 0 Å². The van der Waals surface area contributed by atoms with Crippen LogP contribution in [0.5, 0.6) is 0 Å². The lowest BCUT2D eigenvalue weighted by Crippen LogP contribution is -1.92. The number of rotatable bonds is 9. The molecule has 1 rings (SSSR count). The van der Waals surface area contributed by atoms with Crippen LogP contribution in [0.15, 0.2) is 0 Å². The van der Waals surface area contributed by atoms with E-state index in [4.69, 9.17) is 23.2 Å². The van der Waals surface area contributed by atoms with Gasteiger partial charge in [-0.15, -0.1) is 11.3 Å². The molecule has 0 saturated heterocycles. The molecule has 0 amide bonds. The van der Waals surface area contributed by atoms with Gasteiger partial charge in [0.05, 0.1) is 8.67 Å². The molecule has 3 heteroatoms. The topological polar surface area (TPSA) is 0 Å². The van der Waals surface area contributed by atoms with Crippen LogP contribution in [0.3, 0.4) is 0 Å². The summed E-state index contributed by atoms with van der Waals surface area (Å²) in [6.45, 7) is 4.45. The summed E-state index contributed by atoms with van der Waals surface area (Å²) in [4.78, 5) is 0. The van der Waals surface area contributed by atoms with E-state index in [0.717, 1.165) is 27.9 Å². The van der Waals surface area contributed by atoms with Crippen LogP contribution in [0.4, 0.5) is 0 Å². The van der Waals surface area contributed by atoms with E-state index >= 15 is 0 Å². The van der Waals surface area contributed by atoms with Gasteiger partial charge in [0.2, 0.25) is 0 Å². The van der Waals surface area contributed by atoms with Gasteiger partial charge in [-0.1, -0.05) is 75.6 Å². The van der Waals surface area contributed by atoms with E-state index < -0.39 is 0 Å². The second-order valence-corrected chi connectivity index (χ2v) is 7.10. The Kier molecular flexibility index (Phi) is 8.37. The zero-order chi connectivity index (χ0) is 13.4. The minimum atomic E-state index is 0.905. The number of unbranched alkanes of at least 4 members (excludes halogenated alkanes) is 5. The van der Waals surface area contributed by atoms with Gasteiger partial charge in [0, 0.05) is 0 Å². The van der Waals surface area contributed by atoms with Gasteiger partial charge in [-0.05, 0) is 30.4 Å². The molecule has 1 heterocycles. The smallest absolute Gasteiger partial charge is 0.0978 e. The van der Waals surface area contributed by atoms with Crippen LogP contribution in [-0.2, 0) is 12.8 Å². The molecule has 0 N–H and O–H groups in total. The predicted octanol–water partition coefficient (Wildman–Crippen LogP) is 6.91. The van der Waals surface area contributed by atoms with Crippen molar-refractivity contribution in [1.29, 1.82) is 0 Å². The third-order valence-electron chi connectivity index (χ3n) is 3.30. The molecule has 0 radical (unpaired) electrons. The highest BCUT2D eigenvalue weighted by atomic mass is 35.5. The fraction of sp³-hybridized carbons (Fsp3) is 0.733. The quantitative estimate of drug-likeness (QED) is 0.435. The van der Waals surface area contributed by atoms with E-state index in [2.05, 4.69) is 13.8 Å². The van der Waals surface area contributed by atoms with E-state index in [1.807, 2.05) is 0 Å². The lowest BCUT2D eigenvalue weighted by atomic mass is 10.0. The highest BCUT2D eigenvalue weighted by Crippen LogP contribution is 2.38. The molecular formula is C15H24Cl2S. The van der Waals surface area contributed by atoms with Gasteiger partial charge in [-0.2, -0.15) is 0 Å². The maximum absolute atomic E-state index is 6.28. The predicted molar refractivity (Wildman–Crippen MR) is 85.4 cm³/mol. The normalized spacial score (nSPS) is 11.1. The van der Waals surface area contributed by atoms with E-state index in [1.54, 1.807) is 0 Å².